The standard InChI is InChI=1S/C70H66B2N2/c1-39-29-49-51-31-43(69(9,10)11)35-59-65(51)72(54-28-26-42(68(6,7)8)34-58(54)73(59)45-21-17-15-18-22-45)56-38-48-40(2)30-50-52-32-44(70(12,13)14)36-60-66(52)71(55-37-47(39)63(61(49)56)64(48)62(50)55)53-27-25-41(67(3,4)5)33-57(53)74(60)46-23-19-16-20-24-46/h15-38H,1-14H3. The summed E-state index contributed by atoms with van der Waals surface area (Å²) in [5.74, 6) is 0. The topological polar surface area (TPSA) is 6.48 Å². The summed E-state index contributed by atoms with van der Waals surface area (Å²) in [5, 5.41) is 8.49. The molecule has 14 rings (SSSR count). The molecular weight excluding hydrogens is 890 g/mol. The third kappa shape index (κ3) is 6.21. The second-order valence-corrected chi connectivity index (χ2v) is 26.7. The number of anilines is 6. The van der Waals surface area contributed by atoms with Crippen molar-refractivity contribution in [3.63, 3.8) is 0 Å². The van der Waals surface area contributed by atoms with Crippen molar-refractivity contribution in [1.29, 1.82) is 0 Å². The Morgan fingerprint density at radius 2 is 0.662 bits per heavy atom. The van der Waals surface area contributed by atoms with Crippen LogP contribution in [0.25, 0.3) is 54.6 Å². The van der Waals surface area contributed by atoms with Gasteiger partial charge >= 0.3 is 0 Å². The molecule has 362 valence electrons. The molecular formula is C70H66B2N2. The molecule has 0 saturated heterocycles. The van der Waals surface area contributed by atoms with Crippen LogP contribution in [0.5, 0.6) is 0 Å². The minimum Gasteiger partial charge on any atom is -0.311 e. The van der Waals surface area contributed by atoms with E-state index in [0.717, 1.165) is 0 Å². The second kappa shape index (κ2) is 14.8. The van der Waals surface area contributed by atoms with Gasteiger partial charge in [0.15, 0.2) is 0 Å². The summed E-state index contributed by atoms with van der Waals surface area (Å²) in [6.07, 6.45) is 0. The van der Waals surface area contributed by atoms with Gasteiger partial charge in [0.05, 0.1) is 0 Å². The maximum atomic E-state index is 2.67. The molecule has 2 nitrogen and oxygen atoms in total. The molecule has 0 aliphatic carbocycles. The van der Waals surface area contributed by atoms with E-state index in [0.29, 0.717) is 0 Å². The maximum Gasteiger partial charge on any atom is 0.248 e. The van der Waals surface area contributed by atoms with Crippen molar-refractivity contribution in [2.45, 2.75) is 119 Å². The van der Waals surface area contributed by atoms with Crippen molar-refractivity contribution in [3.05, 3.63) is 179 Å². The van der Waals surface area contributed by atoms with E-state index in [4.69, 9.17) is 0 Å². The van der Waals surface area contributed by atoms with Crippen LogP contribution in [0.4, 0.5) is 34.1 Å². The molecule has 4 heterocycles. The average Bonchev–Trinajstić information content (AvgIpc) is 3.42. The molecule has 4 aliphatic heterocycles. The molecule has 0 fully saturated rings. The van der Waals surface area contributed by atoms with Crippen LogP contribution in [0.3, 0.4) is 0 Å². The van der Waals surface area contributed by atoms with E-state index in [1.807, 2.05) is 0 Å². The number of nitrogens with zero attached hydrogens (tertiary/aromatic N) is 2. The van der Waals surface area contributed by atoms with E-state index in [1.54, 1.807) is 0 Å². The first-order valence-electron chi connectivity index (χ1n) is 27.2. The lowest BCUT2D eigenvalue weighted by atomic mass is 9.31. The Kier molecular flexibility index (Phi) is 9.14. The Hall–Kier alpha value is -7.03. The summed E-state index contributed by atoms with van der Waals surface area (Å²) in [7, 11) is 0. The first kappa shape index (κ1) is 45.6. The van der Waals surface area contributed by atoms with Crippen LogP contribution in [0.15, 0.2) is 146 Å². The van der Waals surface area contributed by atoms with Gasteiger partial charge in [-0.15, -0.1) is 0 Å². The largest absolute Gasteiger partial charge is 0.311 e. The minimum atomic E-state index is -0.0773. The van der Waals surface area contributed by atoms with Gasteiger partial charge in [0.2, 0.25) is 13.4 Å². The highest BCUT2D eigenvalue weighted by Gasteiger charge is 2.46. The molecule has 0 saturated carbocycles. The van der Waals surface area contributed by atoms with Crippen LogP contribution < -0.4 is 42.6 Å². The van der Waals surface area contributed by atoms with E-state index < -0.39 is 0 Å². The van der Waals surface area contributed by atoms with Crippen molar-refractivity contribution in [3.8, 4) is 22.3 Å². The molecule has 0 radical (unpaired) electrons. The van der Waals surface area contributed by atoms with E-state index in [2.05, 4.69) is 252 Å². The van der Waals surface area contributed by atoms with E-state index in [1.165, 1.54) is 155 Å². The molecule has 0 bridgehead atoms. The summed E-state index contributed by atoms with van der Waals surface area (Å²) >= 11 is 0. The Labute approximate surface area is 440 Å². The number of hydrogen-bond donors (Lipinski definition) is 0. The van der Waals surface area contributed by atoms with Gasteiger partial charge in [-0.3, -0.25) is 0 Å². The average molecular weight is 957 g/mol. The van der Waals surface area contributed by atoms with Gasteiger partial charge in [0.1, 0.15) is 0 Å². The predicted octanol–water partition coefficient (Wildman–Crippen LogP) is 15.0. The van der Waals surface area contributed by atoms with Gasteiger partial charge in [-0.05, 0) is 194 Å². The zero-order valence-electron chi connectivity index (χ0n) is 45.9. The van der Waals surface area contributed by atoms with Gasteiger partial charge < -0.3 is 9.80 Å². The van der Waals surface area contributed by atoms with E-state index in [9.17, 15) is 0 Å². The monoisotopic (exact) mass is 957 g/mol. The van der Waals surface area contributed by atoms with Crippen LogP contribution in [0.2, 0.25) is 0 Å². The molecule has 0 amide bonds. The minimum absolute atomic E-state index is 0.0181. The lowest BCUT2D eigenvalue weighted by Gasteiger charge is -2.43. The molecule has 4 heteroatoms. The predicted molar refractivity (Wildman–Crippen MR) is 324 cm³/mol. The van der Waals surface area contributed by atoms with E-state index >= 15 is 0 Å². The summed E-state index contributed by atoms with van der Waals surface area (Å²) in [6, 6.07) is 57.9. The van der Waals surface area contributed by atoms with Gasteiger partial charge in [0, 0.05) is 34.1 Å². The van der Waals surface area contributed by atoms with Crippen molar-refractivity contribution in [1.82, 2.24) is 0 Å². The molecule has 74 heavy (non-hydrogen) atoms. The Morgan fingerprint density at radius 3 is 1.01 bits per heavy atom. The molecule has 0 N–H and O–H groups in total. The summed E-state index contributed by atoms with van der Waals surface area (Å²) in [5.41, 5.74) is 29.5. The van der Waals surface area contributed by atoms with Crippen molar-refractivity contribution < 1.29 is 0 Å². The number of rotatable bonds is 2. The Bertz CT molecular complexity index is 3810. The summed E-state index contributed by atoms with van der Waals surface area (Å²) < 4.78 is 0. The number of hydrogen-bond acceptors (Lipinski definition) is 2. The molecule has 10 aromatic rings. The van der Waals surface area contributed by atoms with Crippen LogP contribution in [-0.4, -0.2) is 13.4 Å². The van der Waals surface area contributed by atoms with Crippen LogP contribution >= 0.6 is 0 Å². The van der Waals surface area contributed by atoms with Crippen LogP contribution in [-0.2, 0) is 21.7 Å². The van der Waals surface area contributed by atoms with Gasteiger partial charge in [-0.2, -0.15) is 0 Å². The zero-order valence-corrected chi connectivity index (χ0v) is 45.9. The van der Waals surface area contributed by atoms with Crippen molar-refractivity contribution in [2.24, 2.45) is 0 Å². The quantitative estimate of drug-likeness (QED) is 0.126. The SMILES string of the molecule is Cc1cc2c3c(cc4c(C)cc5c6c(cc1c3c46)B1c3ccc(C(C)(C)C)cc3N(c3ccccc3)c3cc(C(C)(C)C)cc-5c31)B1c3ccc(C(C)(C)C)cc3N(c3ccccc3)c3cc(C(C)(C)C)cc-2c31. The molecule has 0 aromatic heterocycles. The summed E-state index contributed by atoms with van der Waals surface area (Å²) in [6.45, 7) is 33.3. The second-order valence-electron chi connectivity index (χ2n) is 26.7. The lowest BCUT2D eigenvalue weighted by Crippen LogP contribution is -2.60. The zero-order chi connectivity index (χ0) is 51.4. The molecule has 10 aromatic carbocycles. The van der Waals surface area contributed by atoms with Gasteiger partial charge in [-0.1, -0.05) is 191 Å². The number of benzene rings is 10. The fourth-order valence-corrected chi connectivity index (χ4v) is 13.9. The van der Waals surface area contributed by atoms with Crippen molar-refractivity contribution >= 4 is 113 Å². The van der Waals surface area contributed by atoms with Gasteiger partial charge in [-0.25, -0.2) is 0 Å². The van der Waals surface area contributed by atoms with Crippen LogP contribution in [0, 0.1) is 13.8 Å². The number of para-hydroxylation sites is 2. The smallest absolute Gasteiger partial charge is 0.248 e. The fourth-order valence-electron chi connectivity index (χ4n) is 13.9. The van der Waals surface area contributed by atoms with E-state index in [-0.39, 0.29) is 35.1 Å². The maximum absolute atomic E-state index is 2.67. The number of fused-ring (bicyclic) bond motifs is 8. The van der Waals surface area contributed by atoms with Crippen LogP contribution in [0.1, 0.15) is 116 Å². The van der Waals surface area contributed by atoms with Gasteiger partial charge in [0.25, 0.3) is 0 Å². The third-order valence-corrected chi connectivity index (χ3v) is 17.8. The normalized spacial score (nSPS) is 14.5. The lowest BCUT2D eigenvalue weighted by molar-refractivity contribution is 0.590. The highest BCUT2D eigenvalue weighted by atomic mass is 15.2. The molecule has 4 aliphatic rings. The first-order valence-corrected chi connectivity index (χ1v) is 27.2. The van der Waals surface area contributed by atoms with Crippen molar-refractivity contribution in [2.75, 3.05) is 9.80 Å². The highest BCUT2D eigenvalue weighted by molar-refractivity contribution is 7.02. The molecule has 0 unspecified atom stereocenters. The third-order valence-electron chi connectivity index (χ3n) is 17.8. The molecule has 0 spiro atoms. The Balaban J connectivity index is 1.14. The Morgan fingerprint density at radius 1 is 0.311 bits per heavy atom. The number of aryl methyl sites for hydroxylation is 2. The fraction of sp³-hybridized carbons (Fsp3) is 0.257. The summed E-state index contributed by atoms with van der Waals surface area (Å²) in [4.78, 5) is 5.20. The molecule has 0 atom stereocenters. The highest BCUT2D eigenvalue weighted by Crippen LogP contribution is 2.51. The first-order chi connectivity index (χ1) is 35.1.